The van der Waals surface area contributed by atoms with Gasteiger partial charge < -0.3 is 5.32 Å². The smallest absolute Gasteiger partial charge is 0.207 e. The van der Waals surface area contributed by atoms with Crippen molar-refractivity contribution in [2.45, 2.75) is 45.6 Å². The maximum absolute atomic E-state index is 10.8. The zero-order valence-corrected chi connectivity index (χ0v) is 11.4. The number of hydrogen-bond donors (Lipinski definition) is 1. The first-order valence-electron chi connectivity index (χ1n) is 6.84. The maximum Gasteiger partial charge on any atom is 0.207 e. The van der Waals surface area contributed by atoms with Crippen LogP contribution in [-0.4, -0.2) is 12.5 Å². The van der Waals surface area contributed by atoms with Crippen molar-refractivity contribution >= 4 is 6.41 Å². The maximum atomic E-state index is 10.8. The van der Waals surface area contributed by atoms with Crippen LogP contribution in [0.5, 0.6) is 0 Å². The highest BCUT2D eigenvalue weighted by Gasteiger charge is 2.34. The third-order valence-electron chi connectivity index (χ3n) is 4.16. The van der Waals surface area contributed by atoms with E-state index in [-0.39, 0.29) is 0 Å². The Hall–Kier alpha value is -1.31. The molecule has 0 aromatic heterocycles. The molecule has 2 heteroatoms. The fourth-order valence-electron chi connectivity index (χ4n) is 3.08. The molecule has 1 aromatic carbocycles. The summed E-state index contributed by atoms with van der Waals surface area (Å²) < 4.78 is 0. The lowest BCUT2D eigenvalue weighted by atomic mass is 9.69. The first-order valence-corrected chi connectivity index (χ1v) is 6.84. The molecule has 18 heavy (non-hydrogen) atoms. The summed E-state index contributed by atoms with van der Waals surface area (Å²) in [6, 6.07) is 10.9. The van der Waals surface area contributed by atoms with E-state index in [1.807, 2.05) is 0 Å². The fraction of sp³-hybridized carbons (Fsp3) is 0.562. The lowest BCUT2D eigenvalue weighted by Crippen LogP contribution is -2.43. The van der Waals surface area contributed by atoms with Crippen LogP contribution in [0.3, 0.4) is 0 Å². The van der Waals surface area contributed by atoms with Crippen molar-refractivity contribution < 1.29 is 4.79 Å². The van der Waals surface area contributed by atoms with Crippen LogP contribution in [0.25, 0.3) is 0 Å². The van der Waals surface area contributed by atoms with Crippen LogP contribution in [-0.2, 0) is 11.2 Å². The lowest BCUT2D eigenvalue weighted by Gasteiger charge is -2.40. The first kappa shape index (κ1) is 13.1. The van der Waals surface area contributed by atoms with E-state index in [1.54, 1.807) is 0 Å². The second-order valence-electron chi connectivity index (χ2n) is 6.25. The van der Waals surface area contributed by atoms with Crippen molar-refractivity contribution in [3.8, 4) is 0 Å². The van der Waals surface area contributed by atoms with E-state index in [1.165, 1.54) is 18.4 Å². The minimum absolute atomic E-state index is 0.325. The van der Waals surface area contributed by atoms with E-state index in [0.29, 0.717) is 17.4 Å². The van der Waals surface area contributed by atoms with Crippen molar-refractivity contribution in [1.29, 1.82) is 0 Å². The van der Waals surface area contributed by atoms with Gasteiger partial charge >= 0.3 is 0 Å². The molecule has 1 fully saturated rings. The van der Waals surface area contributed by atoms with E-state index in [0.717, 1.165) is 19.3 Å². The molecule has 1 amide bonds. The molecule has 0 bridgehead atoms. The molecule has 0 aliphatic heterocycles. The summed E-state index contributed by atoms with van der Waals surface area (Å²) in [5.74, 6) is 0.575. The zero-order chi connectivity index (χ0) is 13.0. The zero-order valence-electron chi connectivity index (χ0n) is 11.4. The number of carbonyl (C=O) groups is 1. The van der Waals surface area contributed by atoms with E-state index in [9.17, 15) is 4.79 Å². The molecule has 0 radical (unpaired) electrons. The predicted octanol–water partition coefficient (Wildman–Crippen LogP) is 3.17. The van der Waals surface area contributed by atoms with Gasteiger partial charge in [-0.25, -0.2) is 0 Å². The third kappa shape index (κ3) is 3.34. The van der Waals surface area contributed by atoms with Gasteiger partial charge in [-0.15, -0.1) is 0 Å². The Morgan fingerprint density at radius 1 is 1.33 bits per heavy atom. The number of benzene rings is 1. The minimum Gasteiger partial charge on any atom is -0.356 e. The molecular formula is C16H23NO. The summed E-state index contributed by atoms with van der Waals surface area (Å²) in [6.45, 7) is 4.59. The molecule has 2 rings (SSSR count). The van der Waals surface area contributed by atoms with Crippen LogP contribution in [0.15, 0.2) is 30.3 Å². The van der Waals surface area contributed by atoms with Gasteiger partial charge in [0, 0.05) is 6.04 Å². The number of nitrogens with one attached hydrogen (secondary N) is 1. The Labute approximate surface area is 110 Å². The van der Waals surface area contributed by atoms with Crippen LogP contribution in [0.4, 0.5) is 0 Å². The van der Waals surface area contributed by atoms with Crippen LogP contribution in [0.1, 0.15) is 38.7 Å². The topological polar surface area (TPSA) is 29.1 Å². The number of amides is 1. The highest BCUT2D eigenvalue weighted by molar-refractivity contribution is 5.46. The quantitative estimate of drug-likeness (QED) is 0.811. The summed E-state index contributed by atoms with van der Waals surface area (Å²) in [5, 5.41) is 3.03. The predicted molar refractivity (Wildman–Crippen MR) is 74.3 cm³/mol. The fourth-order valence-corrected chi connectivity index (χ4v) is 3.08. The SMILES string of the molecule is CC1(C)CCC(Cc2ccccc2)C(NC=O)C1. The Morgan fingerprint density at radius 2 is 2.06 bits per heavy atom. The van der Waals surface area contributed by atoms with Gasteiger partial charge in [0.1, 0.15) is 0 Å². The average molecular weight is 245 g/mol. The van der Waals surface area contributed by atoms with Crippen LogP contribution in [0.2, 0.25) is 0 Å². The van der Waals surface area contributed by atoms with Crippen molar-refractivity contribution in [2.75, 3.05) is 0 Å². The first-order chi connectivity index (χ1) is 8.61. The van der Waals surface area contributed by atoms with Crippen molar-refractivity contribution in [1.82, 2.24) is 5.32 Å². The van der Waals surface area contributed by atoms with E-state index in [2.05, 4.69) is 49.5 Å². The molecule has 1 aromatic rings. The summed E-state index contributed by atoms with van der Waals surface area (Å²) in [6.07, 6.45) is 5.48. The minimum atomic E-state index is 0.325. The van der Waals surface area contributed by atoms with E-state index in [4.69, 9.17) is 0 Å². The van der Waals surface area contributed by atoms with Gasteiger partial charge in [0.2, 0.25) is 6.41 Å². The van der Waals surface area contributed by atoms with Crippen molar-refractivity contribution in [3.63, 3.8) is 0 Å². The average Bonchev–Trinajstić information content (AvgIpc) is 2.34. The van der Waals surface area contributed by atoms with Crippen LogP contribution in [0, 0.1) is 11.3 Å². The largest absolute Gasteiger partial charge is 0.356 e. The van der Waals surface area contributed by atoms with Gasteiger partial charge in [-0.05, 0) is 42.6 Å². The molecule has 2 unspecified atom stereocenters. The molecule has 0 saturated heterocycles. The molecule has 98 valence electrons. The Balaban J connectivity index is 2.04. The summed E-state index contributed by atoms with van der Waals surface area (Å²) in [5.41, 5.74) is 1.73. The monoisotopic (exact) mass is 245 g/mol. The van der Waals surface area contributed by atoms with Gasteiger partial charge in [0.25, 0.3) is 0 Å². The molecule has 2 nitrogen and oxygen atoms in total. The van der Waals surface area contributed by atoms with Crippen LogP contribution < -0.4 is 5.32 Å². The molecule has 2 atom stereocenters. The molecule has 0 spiro atoms. The van der Waals surface area contributed by atoms with Crippen molar-refractivity contribution in [3.05, 3.63) is 35.9 Å². The highest BCUT2D eigenvalue weighted by Crippen LogP contribution is 2.39. The highest BCUT2D eigenvalue weighted by atomic mass is 16.1. The molecule has 1 aliphatic carbocycles. The van der Waals surface area contributed by atoms with Gasteiger partial charge in [-0.2, -0.15) is 0 Å². The number of rotatable bonds is 4. The number of hydrogen-bond acceptors (Lipinski definition) is 1. The Kier molecular flexibility index (Phi) is 4.05. The lowest BCUT2D eigenvalue weighted by molar-refractivity contribution is -0.111. The third-order valence-corrected chi connectivity index (χ3v) is 4.16. The number of carbonyl (C=O) groups excluding carboxylic acids is 1. The molecule has 0 heterocycles. The Bertz CT molecular complexity index is 385. The van der Waals surface area contributed by atoms with Gasteiger partial charge in [0.05, 0.1) is 0 Å². The van der Waals surface area contributed by atoms with E-state index < -0.39 is 0 Å². The molecular weight excluding hydrogens is 222 g/mol. The van der Waals surface area contributed by atoms with Crippen molar-refractivity contribution in [2.24, 2.45) is 11.3 Å². The van der Waals surface area contributed by atoms with Gasteiger partial charge in [-0.3, -0.25) is 4.79 Å². The second-order valence-corrected chi connectivity index (χ2v) is 6.25. The second kappa shape index (κ2) is 5.55. The summed E-state index contributed by atoms with van der Waals surface area (Å²) in [4.78, 5) is 10.8. The molecule has 1 aliphatic rings. The summed E-state index contributed by atoms with van der Waals surface area (Å²) in [7, 11) is 0. The molecule has 1 N–H and O–H groups in total. The van der Waals surface area contributed by atoms with Gasteiger partial charge in [0.15, 0.2) is 0 Å². The summed E-state index contributed by atoms with van der Waals surface area (Å²) >= 11 is 0. The van der Waals surface area contributed by atoms with E-state index >= 15 is 0 Å². The molecule has 1 saturated carbocycles. The van der Waals surface area contributed by atoms with Crippen LogP contribution >= 0.6 is 0 Å². The van der Waals surface area contributed by atoms with Gasteiger partial charge in [-0.1, -0.05) is 44.2 Å². The standard InChI is InChI=1S/C16H23NO/c1-16(2)9-8-14(15(11-16)17-12-18)10-13-6-4-3-5-7-13/h3-7,12,14-15H,8-11H2,1-2H3,(H,17,18). The Morgan fingerprint density at radius 3 is 2.72 bits per heavy atom. The normalized spacial score (nSPS) is 26.6.